The third-order valence-electron chi connectivity index (χ3n) is 3.92. The Balaban J connectivity index is 2.15. The SMILES string of the molecule is CC(=O)NC[C@H]1[C@H](O)[C@H](O)C2[C@@H](O)C[C@@H](CO)N21. The van der Waals surface area contributed by atoms with E-state index in [-0.39, 0.29) is 25.1 Å². The molecule has 7 heteroatoms. The van der Waals surface area contributed by atoms with E-state index in [0.717, 1.165) is 0 Å². The van der Waals surface area contributed by atoms with Gasteiger partial charge in [0.2, 0.25) is 5.91 Å². The Morgan fingerprint density at radius 3 is 2.56 bits per heavy atom. The van der Waals surface area contributed by atoms with Crippen LogP contribution in [0.2, 0.25) is 0 Å². The van der Waals surface area contributed by atoms with Gasteiger partial charge in [0.15, 0.2) is 0 Å². The molecule has 2 heterocycles. The van der Waals surface area contributed by atoms with E-state index in [4.69, 9.17) is 0 Å². The van der Waals surface area contributed by atoms with Crippen molar-refractivity contribution >= 4 is 5.91 Å². The van der Waals surface area contributed by atoms with Crippen LogP contribution in [0.5, 0.6) is 0 Å². The number of amides is 1. The minimum absolute atomic E-state index is 0.149. The first-order valence-electron chi connectivity index (χ1n) is 6.14. The highest BCUT2D eigenvalue weighted by Gasteiger charge is 2.56. The number of rotatable bonds is 3. The number of nitrogens with zero attached hydrogens (tertiary/aromatic N) is 1. The third-order valence-corrected chi connectivity index (χ3v) is 3.92. The second kappa shape index (κ2) is 5.10. The van der Waals surface area contributed by atoms with E-state index in [1.165, 1.54) is 6.92 Å². The van der Waals surface area contributed by atoms with Crippen LogP contribution in [0.15, 0.2) is 0 Å². The van der Waals surface area contributed by atoms with E-state index in [1.54, 1.807) is 4.90 Å². The molecule has 0 aromatic carbocycles. The molecule has 0 aromatic rings. The highest BCUT2D eigenvalue weighted by atomic mass is 16.3. The highest BCUT2D eigenvalue weighted by Crippen LogP contribution is 2.37. The number of aliphatic hydroxyl groups is 4. The molecule has 2 aliphatic rings. The lowest BCUT2D eigenvalue weighted by Gasteiger charge is -2.29. The van der Waals surface area contributed by atoms with Crippen molar-refractivity contribution in [3.05, 3.63) is 0 Å². The van der Waals surface area contributed by atoms with Gasteiger partial charge in [-0.15, -0.1) is 0 Å². The van der Waals surface area contributed by atoms with E-state index in [9.17, 15) is 25.2 Å². The maximum absolute atomic E-state index is 10.9. The predicted molar refractivity (Wildman–Crippen MR) is 61.6 cm³/mol. The van der Waals surface area contributed by atoms with Crippen molar-refractivity contribution in [2.24, 2.45) is 0 Å². The molecule has 2 saturated heterocycles. The van der Waals surface area contributed by atoms with E-state index >= 15 is 0 Å². The van der Waals surface area contributed by atoms with Crippen molar-refractivity contribution in [2.45, 2.75) is 49.8 Å². The number of carbonyl (C=O) groups excluding carboxylic acids is 1. The van der Waals surface area contributed by atoms with E-state index in [2.05, 4.69) is 5.32 Å². The summed E-state index contributed by atoms with van der Waals surface area (Å²) in [4.78, 5) is 12.7. The minimum Gasteiger partial charge on any atom is -0.395 e. The normalized spacial score (nSPS) is 44.1. The Bertz CT molecular complexity index is 327. The lowest BCUT2D eigenvalue weighted by atomic mass is 10.0. The zero-order chi connectivity index (χ0) is 13.4. The second-order valence-corrected chi connectivity index (χ2v) is 5.06. The third kappa shape index (κ3) is 2.12. The molecule has 0 saturated carbocycles. The fourth-order valence-corrected chi connectivity index (χ4v) is 3.13. The molecule has 5 N–H and O–H groups in total. The summed E-state index contributed by atoms with van der Waals surface area (Å²) in [7, 11) is 0. The molecule has 2 aliphatic heterocycles. The highest BCUT2D eigenvalue weighted by molar-refractivity contribution is 5.72. The van der Waals surface area contributed by atoms with Gasteiger partial charge in [-0.25, -0.2) is 0 Å². The van der Waals surface area contributed by atoms with E-state index < -0.39 is 30.4 Å². The molecule has 1 amide bonds. The lowest BCUT2D eigenvalue weighted by molar-refractivity contribution is -0.119. The molecule has 0 aliphatic carbocycles. The quantitative estimate of drug-likeness (QED) is 0.370. The van der Waals surface area contributed by atoms with Crippen LogP contribution in [0.4, 0.5) is 0 Å². The van der Waals surface area contributed by atoms with Crippen molar-refractivity contribution < 1.29 is 25.2 Å². The maximum atomic E-state index is 10.9. The van der Waals surface area contributed by atoms with Gasteiger partial charge in [0.25, 0.3) is 0 Å². The van der Waals surface area contributed by atoms with Crippen LogP contribution in [0.1, 0.15) is 13.3 Å². The van der Waals surface area contributed by atoms with Gasteiger partial charge in [0, 0.05) is 19.5 Å². The Morgan fingerprint density at radius 2 is 2.00 bits per heavy atom. The van der Waals surface area contributed by atoms with Gasteiger partial charge >= 0.3 is 0 Å². The van der Waals surface area contributed by atoms with Crippen molar-refractivity contribution in [3.8, 4) is 0 Å². The van der Waals surface area contributed by atoms with Crippen LogP contribution in [-0.2, 0) is 4.79 Å². The first kappa shape index (κ1) is 13.7. The van der Waals surface area contributed by atoms with Crippen LogP contribution in [-0.4, -0.2) is 80.8 Å². The van der Waals surface area contributed by atoms with Crippen molar-refractivity contribution in [1.29, 1.82) is 0 Å². The van der Waals surface area contributed by atoms with Crippen molar-refractivity contribution in [3.63, 3.8) is 0 Å². The molecular formula is C11H20N2O5. The number of fused-ring (bicyclic) bond motifs is 1. The Morgan fingerprint density at radius 1 is 1.33 bits per heavy atom. The van der Waals surface area contributed by atoms with Gasteiger partial charge in [0.05, 0.1) is 37.0 Å². The first-order valence-corrected chi connectivity index (χ1v) is 6.14. The molecule has 1 unspecified atom stereocenters. The Labute approximate surface area is 105 Å². The summed E-state index contributed by atoms with van der Waals surface area (Å²) in [6, 6.07) is -1.35. The van der Waals surface area contributed by atoms with Crippen molar-refractivity contribution in [2.75, 3.05) is 13.2 Å². The molecule has 104 valence electrons. The summed E-state index contributed by atoms with van der Waals surface area (Å²) < 4.78 is 0. The molecule has 18 heavy (non-hydrogen) atoms. The number of hydrogen-bond acceptors (Lipinski definition) is 6. The molecule has 2 rings (SSSR count). The fourth-order valence-electron chi connectivity index (χ4n) is 3.13. The van der Waals surface area contributed by atoms with E-state index in [1.807, 2.05) is 0 Å². The molecular weight excluding hydrogens is 240 g/mol. The summed E-state index contributed by atoms with van der Waals surface area (Å²) in [5, 5.41) is 41.7. The van der Waals surface area contributed by atoms with Crippen molar-refractivity contribution in [1.82, 2.24) is 10.2 Å². The van der Waals surface area contributed by atoms with Gasteiger partial charge in [-0.3, -0.25) is 9.69 Å². The Kier molecular flexibility index (Phi) is 3.88. The summed E-state index contributed by atoms with van der Waals surface area (Å²) >= 11 is 0. The summed E-state index contributed by atoms with van der Waals surface area (Å²) in [6.07, 6.45) is -2.50. The molecule has 2 fully saturated rings. The number of nitrogens with one attached hydrogen (secondary N) is 1. The smallest absolute Gasteiger partial charge is 0.216 e. The maximum Gasteiger partial charge on any atom is 0.216 e. The average Bonchev–Trinajstić information content (AvgIpc) is 2.76. The zero-order valence-electron chi connectivity index (χ0n) is 10.2. The minimum atomic E-state index is -1.06. The first-order chi connectivity index (χ1) is 8.47. The van der Waals surface area contributed by atoms with Crippen LogP contribution < -0.4 is 5.32 Å². The zero-order valence-corrected chi connectivity index (χ0v) is 10.2. The monoisotopic (exact) mass is 260 g/mol. The van der Waals surface area contributed by atoms with Crippen LogP contribution in [0.3, 0.4) is 0 Å². The average molecular weight is 260 g/mol. The Hall–Kier alpha value is -0.730. The second-order valence-electron chi connectivity index (χ2n) is 5.06. The summed E-state index contributed by atoms with van der Waals surface area (Å²) in [5.74, 6) is -0.222. The van der Waals surface area contributed by atoms with E-state index in [0.29, 0.717) is 6.42 Å². The topological polar surface area (TPSA) is 113 Å². The molecule has 0 radical (unpaired) electrons. The number of hydrogen-bond donors (Lipinski definition) is 5. The van der Waals surface area contributed by atoms with Crippen LogP contribution in [0, 0.1) is 0 Å². The molecule has 6 atom stereocenters. The van der Waals surface area contributed by atoms with Gasteiger partial charge in [-0.05, 0) is 6.42 Å². The largest absolute Gasteiger partial charge is 0.395 e. The van der Waals surface area contributed by atoms with Crippen LogP contribution >= 0.6 is 0 Å². The van der Waals surface area contributed by atoms with Gasteiger partial charge in [0.1, 0.15) is 0 Å². The standard InChI is InChI=1S/C11H20N2O5/c1-5(15)12-3-7-10(17)11(18)9-8(16)2-6(4-14)13(7)9/h6-11,14,16-18H,2-4H2,1H3,(H,12,15)/t6-,7-,8-,9?,10-,11+/m0/s1. The summed E-state index contributed by atoms with van der Waals surface area (Å²) in [5.41, 5.74) is 0. The summed E-state index contributed by atoms with van der Waals surface area (Å²) in [6.45, 7) is 1.41. The molecule has 0 spiro atoms. The lowest BCUT2D eigenvalue weighted by Crippen LogP contribution is -2.49. The van der Waals surface area contributed by atoms with Gasteiger partial charge < -0.3 is 25.7 Å². The number of aliphatic hydroxyl groups excluding tert-OH is 4. The van der Waals surface area contributed by atoms with Crippen LogP contribution in [0.25, 0.3) is 0 Å². The molecule has 0 bridgehead atoms. The van der Waals surface area contributed by atoms with Gasteiger partial charge in [-0.1, -0.05) is 0 Å². The molecule has 0 aromatic heterocycles. The fraction of sp³-hybridized carbons (Fsp3) is 0.909. The number of carbonyl (C=O) groups is 1. The molecule has 7 nitrogen and oxygen atoms in total. The predicted octanol–water partition coefficient (Wildman–Crippen LogP) is -2.98. The van der Waals surface area contributed by atoms with Gasteiger partial charge in [-0.2, -0.15) is 0 Å².